The fraction of sp³-hybridized carbons (Fsp3) is 0.385. The molecule has 2 N–H and O–H groups in total. The highest BCUT2D eigenvalue weighted by atomic mass is 16.5. The monoisotopic (exact) mass is 248 g/mol. The minimum atomic E-state index is -0.905. The summed E-state index contributed by atoms with van der Waals surface area (Å²) >= 11 is 0. The van der Waals surface area contributed by atoms with E-state index in [1.54, 1.807) is 19.9 Å². The molecule has 18 heavy (non-hydrogen) atoms. The number of nitrogens with one attached hydrogen (secondary N) is 1. The molecule has 0 aliphatic carbocycles. The minimum absolute atomic E-state index is 0.214. The van der Waals surface area contributed by atoms with Crippen molar-refractivity contribution in [3.8, 4) is 0 Å². The molecule has 0 aromatic heterocycles. The normalized spacial score (nSPS) is 21.4. The van der Waals surface area contributed by atoms with Crippen LogP contribution in [0.1, 0.15) is 25.8 Å². The van der Waals surface area contributed by atoms with Gasteiger partial charge in [0.1, 0.15) is 5.60 Å². The van der Waals surface area contributed by atoms with Gasteiger partial charge in [0, 0.05) is 12.0 Å². The van der Waals surface area contributed by atoms with Crippen LogP contribution in [0.2, 0.25) is 0 Å². The molecule has 5 heteroatoms. The SMILES string of the molecule is CC1(C)OCCC(=NO)c2ccccc2NC1=O. The number of ether oxygens (including phenoxy) is 1. The molecule has 0 radical (unpaired) electrons. The van der Waals surface area contributed by atoms with Gasteiger partial charge in [-0.2, -0.15) is 0 Å². The Kier molecular flexibility index (Phi) is 3.34. The number of nitrogens with zero attached hydrogens (tertiary/aromatic N) is 1. The molecule has 2 rings (SSSR count). The van der Waals surface area contributed by atoms with E-state index in [9.17, 15) is 4.79 Å². The maximum atomic E-state index is 12.1. The Morgan fingerprint density at radius 3 is 2.83 bits per heavy atom. The van der Waals surface area contributed by atoms with Crippen LogP contribution in [0.15, 0.2) is 29.4 Å². The van der Waals surface area contributed by atoms with Gasteiger partial charge in [-0.15, -0.1) is 0 Å². The molecule has 1 aliphatic heterocycles. The Morgan fingerprint density at radius 1 is 1.39 bits per heavy atom. The summed E-state index contributed by atoms with van der Waals surface area (Å²) in [5.41, 5.74) is 0.949. The lowest BCUT2D eigenvalue weighted by atomic mass is 10.1. The smallest absolute Gasteiger partial charge is 0.256 e. The van der Waals surface area contributed by atoms with Crippen molar-refractivity contribution in [2.45, 2.75) is 25.9 Å². The molecular formula is C13H16N2O3. The van der Waals surface area contributed by atoms with Crippen molar-refractivity contribution >= 4 is 17.3 Å². The number of anilines is 1. The first kappa shape index (κ1) is 12.6. The molecule has 0 spiro atoms. The maximum absolute atomic E-state index is 12.1. The van der Waals surface area contributed by atoms with E-state index >= 15 is 0 Å². The third kappa shape index (κ3) is 2.36. The molecule has 0 unspecified atom stereocenters. The molecule has 1 amide bonds. The number of carbonyl (C=O) groups excluding carboxylic acids is 1. The summed E-state index contributed by atoms with van der Waals surface area (Å²) in [4.78, 5) is 12.1. The molecule has 0 saturated carbocycles. The summed E-state index contributed by atoms with van der Waals surface area (Å²) in [6, 6.07) is 7.24. The maximum Gasteiger partial charge on any atom is 0.256 e. The van der Waals surface area contributed by atoms with Crippen LogP contribution in [-0.4, -0.2) is 29.0 Å². The van der Waals surface area contributed by atoms with E-state index in [0.29, 0.717) is 24.4 Å². The van der Waals surface area contributed by atoms with E-state index in [1.807, 2.05) is 18.2 Å². The zero-order valence-corrected chi connectivity index (χ0v) is 10.4. The van der Waals surface area contributed by atoms with Gasteiger partial charge >= 0.3 is 0 Å². The van der Waals surface area contributed by atoms with E-state index in [1.165, 1.54) is 0 Å². The second kappa shape index (κ2) is 4.78. The van der Waals surface area contributed by atoms with Crippen molar-refractivity contribution in [2.24, 2.45) is 5.16 Å². The quantitative estimate of drug-likeness (QED) is 0.545. The summed E-state index contributed by atoms with van der Waals surface area (Å²) in [7, 11) is 0. The number of benzene rings is 1. The standard InChI is InChI=1S/C13H16N2O3/c1-13(2)12(16)14-10-6-4-3-5-9(10)11(15-17)7-8-18-13/h3-6,17H,7-8H2,1-2H3,(H,14,16). The molecule has 1 heterocycles. The molecule has 96 valence electrons. The molecule has 0 saturated heterocycles. The number of oxime groups is 1. The van der Waals surface area contributed by atoms with Crippen LogP contribution in [0.5, 0.6) is 0 Å². The van der Waals surface area contributed by atoms with Crippen molar-refractivity contribution in [1.29, 1.82) is 0 Å². The van der Waals surface area contributed by atoms with Gasteiger partial charge in [0.25, 0.3) is 5.91 Å². The number of hydrogen-bond donors (Lipinski definition) is 2. The second-order valence-corrected chi connectivity index (χ2v) is 4.66. The lowest BCUT2D eigenvalue weighted by Gasteiger charge is -2.23. The molecular weight excluding hydrogens is 232 g/mol. The van der Waals surface area contributed by atoms with Gasteiger partial charge in [0.2, 0.25) is 0 Å². The van der Waals surface area contributed by atoms with E-state index in [0.717, 1.165) is 5.56 Å². The summed E-state index contributed by atoms with van der Waals surface area (Å²) in [5, 5.41) is 15.2. The fourth-order valence-electron chi connectivity index (χ4n) is 1.82. The summed E-state index contributed by atoms with van der Waals surface area (Å²) in [6.45, 7) is 3.76. The molecule has 0 atom stereocenters. The highest BCUT2D eigenvalue weighted by Gasteiger charge is 2.30. The summed E-state index contributed by atoms with van der Waals surface area (Å²) in [6.07, 6.45) is 0.450. The van der Waals surface area contributed by atoms with Crippen LogP contribution in [0.4, 0.5) is 5.69 Å². The largest absolute Gasteiger partial charge is 0.411 e. The topological polar surface area (TPSA) is 70.9 Å². The molecule has 0 bridgehead atoms. The Bertz CT molecular complexity index is 495. The van der Waals surface area contributed by atoms with Crippen LogP contribution in [0, 0.1) is 0 Å². The fourth-order valence-corrected chi connectivity index (χ4v) is 1.82. The molecule has 0 fully saturated rings. The first-order valence-electron chi connectivity index (χ1n) is 5.80. The van der Waals surface area contributed by atoms with E-state index in [2.05, 4.69) is 10.5 Å². The predicted octanol–water partition coefficient (Wildman–Crippen LogP) is 2.00. The van der Waals surface area contributed by atoms with E-state index in [4.69, 9.17) is 9.94 Å². The number of fused-ring (bicyclic) bond motifs is 1. The van der Waals surface area contributed by atoms with Crippen LogP contribution < -0.4 is 5.32 Å². The average Bonchev–Trinajstić information content (AvgIpc) is 2.39. The van der Waals surface area contributed by atoms with Gasteiger partial charge < -0.3 is 15.3 Å². The Labute approximate surface area is 105 Å². The predicted molar refractivity (Wildman–Crippen MR) is 68.0 cm³/mol. The Balaban J connectivity index is 2.46. The van der Waals surface area contributed by atoms with Gasteiger partial charge in [0.15, 0.2) is 0 Å². The molecule has 5 nitrogen and oxygen atoms in total. The lowest BCUT2D eigenvalue weighted by Crippen LogP contribution is -2.39. The zero-order valence-electron chi connectivity index (χ0n) is 10.4. The van der Waals surface area contributed by atoms with Crippen LogP contribution in [0.3, 0.4) is 0 Å². The number of amides is 1. The van der Waals surface area contributed by atoms with Gasteiger partial charge in [-0.25, -0.2) is 0 Å². The average molecular weight is 248 g/mol. The van der Waals surface area contributed by atoms with Crippen molar-refractivity contribution in [3.63, 3.8) is 0 Å². The van der Waals surface area contributed by atoms with Crippen molar-refractivity contribution < 1.29 is 14.7 Å². The van der Waals surface area contributed by atoms with Gasteiger partial charge in [-0.3, -0.25) is 4.79 Å². The first-order chi connectivity index (χ1) is 8.54. The summed E-state index contributed by atoms with van der Waals surface area (Å²) in [5.74, 6) is -0.214. The third-order valence-corrected chi connectivity index (χ3v) is 2.96. The summed E-state index contributed by atoms with van der Waals surface area (Å²) < 4.78 is 5.52. The zero-order chi connectivity index (χ0) is 13.2. The van der Waals surface area contributed by atoms with Gasteiger partial charge in [0.05, 0.1) is 18.0 Å². The van der Waals surface area contributed by atoms with Crippen LogP contribution in [0.25, 0.3) is 0 Å². The molecule has 1 aromatic carbocycles. The number of rotatable bonds is 0. The lowest BCUT2D eigenvalue weighted by molar-refractivity contribution is -0.136. The third-order valence-electron chi connectivity index (χ3n) is 2.96. The highest BCUT2D eigenvalue weighted by molar-refractivity contribution is 6.08. The number of para-hydroxylation sites is 1. The molecule has 1 aliphatic rings. The minimum Gasteiger partial charge on any atom is -0.411 e. The van der Waals surface area contributed by atoms with Crippen molar-refractivity contribution in [2.75, 3.05) is 11.9 Å². The van der Waals surface area contributed by atoms with Crippen molar-refractivity contribution in [1.82, 2.24) is 0 Å². The Hall–Kier alpha value is -1.88. The molecule has 1 aromatic rings. The van der Waals surface area contributed by atoms with Gasteiger partial charge in [-0.05, 0) is 19.9 Å². The highest BCUT2D eigenvalue weighted by Crippen LogP contribution is 2.23. The van der Waals surface area contributed by atoms with Crippen molar-refractivity contribution in [3.05, 3.63) is 29.8 Å². The number of carbonyl (C=O) groups is 1. The van der Waals surface area contributed by atoms with Gasteiger partial charge in [-0.1, -0.05) is 23.4 Å². The number of hydrogen-bond acceptors (Lipinski definition) is 4. The van der Waals surface area contributed by atoms with Crippen LogP contribution >= 0.6 is 0 Å². The van der Waals surface area contributed by atoms with E-state index in [-0.39, 0.29) is 5.91 Å². The second-order valence-electron chi connectivity index (χ2n) is 4.66. The van der Waals surface area contributed by atoms with Crippen LogP contribution in [-0.2, 0) is 9.53 Å². The van der Waals surface area contributed by atoms with E-state index < -0.39 is 5.60 Å². The Morgan fingerprint density at radius 2 is 2.11 bits per heavy atom. The first-order valence-corrected chi connectivity index (χ1v) is 5.80.